The fourth-order valence-electron chi connectivity index (χ4n) is 3.89. The Hall–Kier alpha value is -0.0800. The molecule has 0 aromatic rings. The number of nitrogens with one attached hydrogen (secondary N) is 1. The number of nitrogens with zero attached hydrogens (tertiary/aromatic N) is 1. The molecule has 0 spiro atoms. The number of likely N-dealkylation sites (tertiary alicyclic amines) is 1. The second-order valence-electron chi connectivity index (χ2n) is 7.44. The molecule has 3 aliphatic rings. The highest BCUT2D eigenvalue weighted by molar-refractivity contribution is 4.90. The number of piperidine rings is 1. The minimum Gasteiger partial charge on any atom is -0.312 e. The Kier molecular flexibility index (Phi) is 4.48. The van der Waals surface area contributed by atoms with Gasteiger partial charge in [0.05, 0.1) is 0 Å². The van der Waals surface area contributed by atoms with Crippen LogP contribution < -0.4 is 5.32 Å². The maximum absolute atomic E-state index is 3.87. The summed E-state index contributed by atoms with van der Waals surface area (Å²) >= 11 is 0. The lowest BCUT2D eigenvalue weighted by atomic mass is 9.78. The topological polar surface area (TPSA) is 15.3 Å². The molecule has 0 bridgehead atoms. The van der Waals surface area contributed by atoms with E-state index in [1.54, 1.807) is 0 Å². The monoisotopic (exact) mass is 264 g/mol. The van der Waals surface area contributed by atoms with Crippen LogP contribution in [0.25, 0.3) is 0 Å². The van der Waals surface area contributed by atoms with Crippen molar-refractivity contribution < 1.29 is 0 Å². The standard InChI is InChI=1S/C17H32N2/c1-3-14-9-17(18-10-15-7-8-15)12-19(11-14)13(2)16-5-4-6-16/h13-18H,3-12H2,1-2H3. The normalized spacial score (nSPS) is 35.1. The summed E-state index contributed by atoms with van der Waals surface area (Å²) in [6.45, 7) is 8.81. The average Bonchev–Trinajstić information content (AvgIpc) is 3.18. The van der Waals surface area contributed by atoms with Crippen LogP contribution in [0.3, 0.4) is 0 Å². The van der Waals surface area contributed by atoms with E-state index >= 15 is 0 Å². The van der Waals surface area contributed by atoms with Gasteiger partial charge in [0, 0.05) is 25.2 Å². The van der Waals surface area contributed by atoms with E-state index in [2.05, 4.69) is 24.1 Å². The van der Waals surface area contributed by atoms with Crippen molar-refractivity contribution in [3.05, 3.63) is 0 Å². The Labute approximate surface area is 119 Å². The van der Waals surface area contributed by atoms with Crippen LogP contribution in [0.4, 0.5) is 0 Å². The van der Waals surface area contributed by atoms with Crippen LogP contribution in [0, 0.1) is 17.8 Å². The molecule has 2 nitrogen and oxygen atoms in total. The molecule has 2 aliphatic carbocycles. The largest absolute Gasteiger partial charge is 0.312 e. The molecule has 3 rings (SSSR count). The average molecular weight is 264 g/mol. The van der Waals surface area contributed by atoms with E-state index in [-0.39, 0.29) is 0 Å². The van der Waals surface area contributed by atoms with E-state index in [1.165, 1.54) is 64.6 Å². The van der Waals surface area contributed by atoms with Gasteiger partial charge in [-0.2, -0.15) is 0 Å². The molecule has 1 saturated heterocycles. The molecule has 0 radical (unpaired) electrons. The molecular formula is C17H32N2. The molecule has 19 heavy (non-hydrogen) atoms. The Morgan fingerprint density at radius 2 is 1.89 bits per heavy atom. The summed E-state index contributed by atoms with van der Waals surface area (Å²) in [5, 5.41) is 3.87. The van der Waals surface area contributed by atoms with Crippen molar-refractivity contribution in [3.8, 4) is 0 Å². The first-order chi connectivity index (χ1) is 9.26. The minimum atomic E-state index is 0.766. The molecule has 2 heteroatoms. The van der Waals surface area contributed by atoms with Gasteiger partial charge in [0.25, 0.3) is 0 Å². The van der Waals surface area contributed by atoms with Crippen molar-refractivity contribution >= 4 is 0 Å². The van der Waals surface area contributed by atoms with Gasteiger partial charge in [-0.1, -0.05) is 19.8 Å². The molecule has 0 amide bonds. The summed E-state index contributed by atoms with van der Waals surface area (Å²) in [6.07, 6.45) is 10.2. The lowest BCUT2D eigenvalue weighted by molar-refractivity contribution is 0.0505. The fourth-order valence-corrected chi connectivity index (χ4v) is 3.89. The van der Waals surface area contributed by atoms with Crippen molar-refractivity contribution in [2.75, 3.05) is 19.6 Å². The highest BCUT2D eigenvalue weighted by Gasteiger charge is 2.34. The van der Waals surface area contributed by atoms with Crippen molar-refractivity contribution in [2.45, 2.75) is 70.9 Å². The minimum absolute atomic E-state index is 0.766. The van der Waals surface area contributed by atoms with E-state index in [0.717, 1.165) is 29.8 Å². The lowest BCUT2D eigenvalue weighted by Crippen LogP contribution is -2.54. The van der Waals surface area contributed by atoms with Crippen molar-refractivity contribution in [1.82, 2.24) is 10.2 Å². The van der Waals surface area contributed by atoms with Gasteiger partial charge in [-0.25, -0.2) is 0 Å². The first-order valence-electron chi connectivity index (χ1n) is 8.73. The highest BCUT2D eigenvalue weighted by Crippen LogP contribution is 2.34. The maximum Gasteiger partial charge on any atom is 0.0198 e. The van der Waals surface area contributed by atoms with Crippen molar-refractivity contribution in [3.63, 3.8) is 0 Å². The molecule has 0 aromatic carbocycles. The summed E-state index contributed by atoms with van der Waals surface area (Å²) in [6, 6.07) is 1.59. The van der Waals surface area contributed by atoms with Gasteiger partial charge in [0.1, 0.15) is 0 Å². The zero-order valence-electron chi connectivity index (χ0n) is 12.9. The Balaban J connectivity index is 1.52. The summed E-state index contributed by atoms with van der Waals surface area (Å²) in [4.78, 5) is 2.81. The molecule has 1 heterocycles. The summed E-state index contributed by atoms with van der Waals surface area (Å²) in [5.41, 5.74) is 0. The molecular weight excluding hydrogens is 232 g/mol. The molecule has 3 unspecified atom stereocenters. The van der Waals surface area contributed by atoms with Gasteiger partial charge in [-0.05, 0) is 63.3 Å². The van der Waals surface area contributed by atoms with Gasteiger partial charge in [-0.15, -0.1) is 0 Å². The van der Waals surface area contributed by atoms with E-state index in [1.807, 2.05) is 0 Å². The van der Waals surface area contributed by atoms with Crippen LogP contribution in [0.5, 0.6) is 0 Å². The Morgan fingerprint density at radius 3 is 2.47 bits per heavy atom. The van der Waals surface area contributed by atoms with Crippen molar-refractivity contribution in [1.29, 1.82) is 0 Å². The van der Waals surface area contributed by atoms with Crippen LogP contribution in [0.2, 0.25) is 0 Å². The first kappa shape index (κ1) is 13.9. The Bertz CT molecular complexity index is 283. The fraction of sp³-hybridized carbons (Fsp3) is 1.00. The molecule has 3 fully saturated rings. The smallest absolute Gasteiger partial charge is 0.0198 e. The maximum atomic E-state index is 3.87. The number of hydrogen-bond acceptors (Lipinski definition) is 2. The van der Waals surface area contributed by atoms with E-state index in [9.17, 15) is 0 Å². The van der Waals surface area contributed by atoms with Crippen LogP contribution in [-0.4, -0.2) is 36.6 Å². The van der Waals surface area contributed by atoms with Crippen LogP contribution in [-0.2, 0) is 0 Å². The summed E-state index contributed by atoms with van der Waals surface area (Å²) < 4.78 is 0. The quantitative estimate of drug-likeness (QED) is 0.792. The zero-order valence-corrected chi connectivity index (χ0v) is 12.9. The molecule has 1 aliphatic heterocycles. The van der Waals surface area contributed by atoms with Gasteiger partial charge in [0.15, 0.2) is 0 Å². The number of rotatable bonds is 6. The molecule has 1 N–H and O–H groups in total. The second kappa shape index (κ2) is 6.13. The third kappa shape index (κ3) is 3.52. The third-order valence-corrected chi connectivity index (χ3v) is 5.94. The van der Waals surface area contributed by atoms with Crippen LogP contribution in [0.15, 0.2) is 0 Å². The molecule has 0 aromatic heterocycles. The van der Waals surface area contributed by atoms with E-state index in [0.29, 0.717) is 0 Å². The van der Waals surface area contributed by atoms with Crippen LogP contribution >= 0.6 is 0 Å². The third-order valence-electron chi connectivity index (χ3n) is 5.94. The Morgan fingerprint density at radius 1 is 1.11 bits per heavy atom. The molecule has 2 saturated carbocycles. The van der Waals surface area contributed by atoms with Crippen molar-refractivity contribution in [2.24, 2.45) is 17.8 Å². The summed E-state index contributed by atoms with van der Waals surface area (Å²) in [5.74, 6) is 2.94. The van der Waals surface area contributed by atoms with Crippen LogP contribution in [0.1, 0.15) is 58.8 Å². The van der Waals surface area contributed by atoms with Gasteiger partial charge in [0.2, 0.25) is 0 Å². The predicted octanol–water partition coefficient (Wildman–Crippen LogP) is 3.28. The predicted molar refractivity (Wildman–Crippen MR) is 81.3 cm³/mol. The second-order valence-corrected chi connectivity index (χ2v) is 7.44. The summed E-state index contributed by atoms with van der Waals surface area (Å²) in [7, 11) is 0. The molecule has 3 atom stereocenters. The van der Waals surface area contributed by atoms with Gasteiger partial charge in [-0.3, -0.25) is 4.90 Å². The first-order valence-corrected chi connectivity index (χ1v) is 8.73. The lowest BCUT2D eigenvalue weighted by Gasteiger charge is -2.45. The zero-order chi connectivity index (χ0) is 13.2. The highest BCUT2D eigenvalue weighted by atomic mass is 15.2. The molecule has 110 valence electrons. The number of hydrogen-bond donors (Lipinski definition) is 1. The van der Waals surface area contributed by atoms with E-state index < -0.39 is 0 Å². The SMILES string of the molecule is CCC1CC(NCC2CC2)CN(C(C)C2CCC2)C1. The van der Waals surface area contributed by atoms with E-state index in [4.69, 9.17) is 0 Å². The van der Waals surface area contributed by atoms with Gasteiger partial charge >= 0.3 is 0 Å². The van der Waals surface area contributed by atoms with Gasteiger partial charge < -0.3 is 5.32 Å².